The molecule has 0 amide bonds. The second-order valence-electron chi connectivity index (χ2n) is 5.50. The number of Topliss-reactive ketones (excluding diaryl/α,β-unsaturated/α-hetero) is 1. The summed E-state index contributed by atoms with van der Waals surface area (Å²) < 4.78 is 10.3. The van der Waals surface area contributed by atoms with Crippen LogP contribution < -0.4 is 4.74 Å². The summed E-state index contributed by atoms with van der Waals surface area (Å²) in [5.41, 5.74) is 2.15. The van der Waals surface area contributed by atoms with Crippen LogP contribution >= 0.6 is 0 Å². The van der Waals surface area contributed by atoms with Gasteiger partial charge in [-0.3, -0.25) is 9.59 Å². The van der Waals surface area contributed by atoms with E-state index in [1.807, 2.05) is 30.3 Å². The van der Waals surface area contributed by atoms with Crippen LogP contribution in [0.5, 0.6) is 5.75 Å². The summed E-state index contributed by atoms with van der Waals surface area (Å²) in [4.78, 5) is 23.7. The molecule has 0 fully saturated rings. The fourth-order valence-electron chi connectivity index (χ4n) is 2.38. The highest BCUT2D eigenvalue weighted by Gasteiger charge is 2.12. The average Bonchev–Trinajstić information content (AvgIpc) is 2.65. The molecule has 0 aliphatic heterocycles. The third-order valence-electron chi connectivity index (χ3n) is 3.66. The predicted molar refractivity (Wildman–Crippen MR) is 91.9 cm³/mol. The standard InChI is InChI=1S/C20H19NO4/c1-24-19-8-3-2-7-17(19)9-10-18(22)12-20(23)25-14-16-6-4-5-15(11-16)13-21/h2-8,11H,9-10,12,14H2,1H3. The number of carbonyl (C=O) groups excluding carboxylic acids is 2. The number of ether oxygens (including phenoxy) is 2. The minimum Gasteiger partial charge on any atom is -0.496 e. The second-order valence-corrected chi connectivity index (χ2v) is 5.50. The molecule has 0 aliphatic rings. The summed E-state index contributed by atoms with van der Waals surface area (Å²) in [6.45, 7) is 0.0497. The quantitative estimate of drug-likeness (QED) is 0.546. The first-order chi connectivity index (χ1) is 12.1. The number of nitrogens with zero attached hydrogens (tertiary/aromatic N) is 1. The Kier molecular flexibility index (Phi) is 6.73. The number of rotatable bonds is 8. The number of esters is 1. The number of methoxy groups -OCH3 is 1. The molecule has 0 saturated carbocycles. The van der Waals surface area contributed by atoms with Crippen molar-refractivity contribution in [1.29, 1.82) is 5.26 Å². The summed E-state index contributed by atoms with van der Waals surface area (Å²) >= 11 is 0. The van der Waals surface area contributed by atoms with Crippen LogP contribution in [0.3, 0.4) is 0 Å². The maximum Gasteiger partial charge on any atom is 0.313 e. The molecule has 2 aromatic rings. The van der Waals surface area contributed by atoms with E-state index in [2.05, 4.69) is 0 Å². The van der Waals surface area contributed by atoms with Gasteiger partial charge >= 0.3 is 5.97 Å². The first kappa shape index (κ1) is 18.2. The van der Waals surface area contributed by atoms with E-state index in [0.29, 0.717) is 17.5 Å². The number of benzene rings is 2. The number of hydrogen-bond donors (Lipinski definition) is 0. The molecule has 0 radical (unpaired) electrons. The molecule has 2 aromatic carbocycles. The van der Waals surface area contributed by atoms with Gasteiger partial charge in [-0.25, -0.2) is 0 Å². The van der Waals surface area contributed by atoms with Crippen LogP contribution in [0.2, 0.25) is 0 Å². The zero-order chi connectivity index (χ0) is 18.1. The smallest absolute Gasteiger partial charge is 0.313 e. The molecular formula is C20H19NO4. The maximum atomic E-state index is 12.0. The molecule has 5 nitrogen and oxygen atoms in total. The lowest BCUT2D eigenvalue weighted by atomic mass is 10.1. The van der Waals surface area contributed by atoms with Gasteiger partial charge in [0, 0.05) is 6.42 Å². The van der Waals surface area contributed by atoms with E-state index in [4.69, 9.17) is 14.7 Å². The Hall–Kier alpha value is -3.13. The van der Waals surface area contributed by atoms with E-state index in [0.717, 1.165) is 11.3 Å². The number of aryl methyl sites for hydroxylation is 1. The van der Waals surface area contributed by atoms with Crippen LogP contribution in [-0.4, -0.2) is 18.9 Å². The average molecular weight is 337 g/mol. The van der Waals surface area contributed by atoms with Gasteiger partial charge in [-0.05, 0) is 35.7 Å². The molecular weight excluding hydrogens is 318 g/mol. The summed E-state index contributed by atoms with van der Waals surface area (Å²) in [6, 6.07) is 16.3. The van der Waals surface area contributed by atoms with Crippen LogP contribution in [-0.2, 0) is 27.4 Å². The molecule has 0 spiro atoms. The summed E-state index contributed by atoms with van der Waals surface area (Å²) in [6.07, 6.45) is 0.507. The molecule has 5 heteroatoms. The fourth-order valence-corrected chi connectivity index (χ4v) is 2.38. The number of nitriles is 1. The summed E-state index contributed by atoms with van der Waals surface area (Å²) in [5, 5.41) is 8.84. The van der Waals surface area contributed by atoms with Gasteiger partial charge in [0.1, 0.15) is 24.6 Å². The lowest BCUT2D eigenvalue weighted by Crippen LogP contribution is -2.12. The van der Waals surface area contributed by atoms with Crippen molar-refractivity contribution in [3.05, 3.63) is 65.2 Å². The van der Waals surface area contributed by atoms with Gasteiger partial charge in [-0.2, -0.15) is 5.26 Å². The Morgan fingerprint density at radius 2 is 1.92 bits per heavy atom. The van der Waals surface area contributed by atoms with Crippen molar-refractivity contribution in [2.75, 3.05) is 7.11 Å². The number of ketones is 1. The van der Waals surface area contributed by atoms with Gasteiger partial charge in [0.15, 0.2) is 0 Å². The number of para-hydroxylation sites is 1. The van der Waals surface area contributed by atoms with E-state index in [1.54, 1.807) is 31.4 Å². The van der Waals surface area contributed by atoms with Crippen LogP contribution in [0.4, 0.5) is 0 Å². The lowest BCUT2D eigenvalue weighted by molar-refractivity contribution is -0.147. The van der Waals surface area contributed by atoms with Crippen LogP contribution in [0, 0.1) is 11.3 Å². The molecule has 0 aromatic heterocycles. The van der Waals surface area contributed by atoms with Gasteiger partial charge in [0.25, 0.3) is 0 Å². The third-order valence-corrected chi connectivity index (χ3v) is 3.66. The van der Waals surface area contributed by atoms with Crippen molar-refractivity contribution >= 4 is 11.8 Å². The third kappa shape index (κ3) is 5.78. The zero-order valence-corrected chi connectivity index (χ0v) is 14.0. The highest BCUT2D eigenvalue weighted by Crippen LogP contribution is 2.19. The predicted octanol–water partition coefficient (Wildman–Crippen LogP) is 3.20. The second kappa shape index (κ2) is 9.24. The maximum absolute atomic E-state index is 12.0. The monoisotopic (exact) mass is 337 g/mol. The van der Waals surface area contributed by atoms with Gasteiger partial charge in [0.05, 0.1) is 18.7 Å². The van der Waals surface area contributed by atoms with E-state index in [9.17, 15) is 9.59 Å². The fraction of sp³-hybridized carbons (Fsp3) is 0.250. The van der Waals surface area contributed by atoms with Gasteiger partial charge in [-0.15, -0.1) is 0 Å². The molecule has 0 aliphatic carbocycles. The molecule has 0 atom stereocenters. The van der Waals surface area contributed by atoms with Crippen molar-refractivity contribution in [2.24, 2.45) is 0 Å². The van der Waals surface area contributed by atoms with E-state index < -0.39 is 5.97 Å². The van der Waals surface area contributed by atoms with E-state index in [1.165, 1.54) is 0 Å². The minimum atomic E-state index is -0.563. The normalized spacial score (nSPS) is 9.92. The van der Waals surface area contributed by atoms with Crippen molar-refractivity contribution in [3.63, 3.8) is 0 Å². The van der Waals surface area contributed by atoms with Crippen LogP contribution in [0.1, 0.15) is 29.5 Å². The topological polar surface area (TPSA) is 76.4 Å². The van der Waals surface area contributed by atoms with Gasteiger partial charge in [-0.1, -0.05) is 30.3 Å². The van der Waals surface area contributed by atoms with Crippen LogP contribution in [0.15, 0.2) is 48.5 Å². The molecule has 0 saturated heterocycles. The first-order valence-electron chi connectivity index (χ1n) is 7.90. The largest absolute Gasteiger partial charge is 0.496 e. The Morgan fingerprint density at radius 1 is 1.12 bits per heavy atom. The van der Waals surface area contributed by atoms with E-state index in [-0.39, 0.29) is 25.2 Å². The molecule has 0 bridgehead atoms. The van der Waals surface area contributed by atoms with Crippen molar-refractivity contribution in [3.8, 4) is 11.8 Å². The molecule has 0 N–H and O–H groups in total. The highest BCUT2D eigenvalue weighted by atomic mass is 16.5. The van der Waals surface area contributed by atoms with Crippen LogP contribution in [0.25, 0.3) is 0 Å². The number of hydrogen-bond acceptors (Lipinski definition) is 5. The van der Waals surface area contributed by atoms with Gasteiger partial charge < -0.3 is 9.47 Å². The molecule has 0 unspecified atom stereocenters. The Bertz CT molecular complexity index is 792. The Labute approximate surface area is 146 Å². The van der Waals surface area contributed by atoms with Gasteiger partial charge in [0.2, 0.25) is 0 Å². The lowest BCUT2D eigenvalue weighted by Gasteiger charge is -2.08. The molecule has 2 rings (SSSR count). The Morgan fingerprint density at radius 3 is 2.68 bits per heavy atom. The minimum absolute atomic E-state index is 0.0497. The summed E-state index contributed by atoms with van der Waals surface area (Å²) in [7, 11) is 1.58. The SMILES string of the molecule is COc1ccccc1CCC(=O)CC(=O)OCc1cccc(C#N)c1. The van der Waals surface area contributed by atoms with Crippen molar-refractivity contribution in [2.45, 2.75) is 25.9 Å². The zero-order valence-electron chi connectivity index (χ0n) is 14.0. The molecule has 25 heavy (non-hydrogen) atoms. The Balaban J connectivity index is 1.78. The first-order valence-corrected chi connectivity index (χ1v) is 7.90. The van der Waals surface area contributed by atoms with Crippen molar-refractivity contribution in [1.82, 2.24) is 0 Å². The highest BCUT2D eigenvalue weighted by molar-refractivity contribution is 5.95. The molecule has 0 heterocycles. The molecule has 128 valence electrons. The van der Waals surface area contributed by atoms with E-state index >= 15 is 0 Å². The van der Waals surface area contributed by atoms with Crippen molar-refractivity contribution < 1.29 is 19.1 Å². The number of carbonyl (C=O) groups is 2. The summed E-state index contributed by atoms with van der Waals surface area (Å²) in [5.74, 6) is -0.00989.